The lowest BCUT2D eigenvalue weighted by Gasteiger charge is -2.21. The number of nitrogens with zero attached hydrogens (tertiary/aromatic N) is 4. The van der Waals surface area contributed by atoms with Crippen LogP contribution in [0.4, 0.5) is 0 Å². The summed E-state index contributed by atoms with van der Waals surface area (Å²) >= 11 is 1.68. The van der Waals surface area contributed by atoms with E-state index in [1.807, 2.05) is 18.3 Å². The first kappa shape index (κ1) is 14.5. The highest BCUT2D eigenvalue weighted by atomic mass is 32.1. The molecule has 1 fully saturated rings. The Morgan fingerprint density at radius 1 is 1.30 bits per heavy atom. The average molecular weight is 326 g/mol. The van der Waals surface area contributed by atoms with Gasteiger partial charge in [0.05, 0.1) is 10.9 Å². The molecule has 1 aliphatic heterocycles. The van der Waals surface area contributed by atoms with Crippen LogP contribution in [0.3, 0.4) is 0 Å². The number of hydrogen-bond donors (Lipinski definition) is 0. The third-order valence-electron chi connectivity index (χ3n) is 4.15. The zero-order chi connectivity index (χ0) is 15.6. The molecule has 0 N–H and O–H groups in total. The predicted octanol–water partition coefficient (Wildman–Crippen LogP) is 3.84. The van der Waals surface area contributed by atoms with Gasteiger partial charge in [-0.15, -0.1) is 21.5 Å². The molecule has 1 aliphatic rings. The number of aryl methyl sites for hydroxylation is 1. The third kappa shape index (κ3) is 3.04. The fourth-order valence-electron chi connectivity index (χ4n) is 3.04. The second-order valence-electron chi connectivity index (χ2n) is 5.85. The van der Waals surface area contributed by atoms with Crippen LogP contribution in [0.1, 0.15) is 35.2 Å². The lowest BCUT2D eigenvalue weighted by atomic mass is 10.2. The molecule has 0 spiro atoms. The number of rotatable bonds is 4. The fraction of sp³-hybridized carbons (Fsp3) is 0.353. The molecule has 118 valence electrons. The van der Waals surface area contributed by atoms with E-state index in [1.54, 1.807) is 17.5 Å². The maximum atomic E-state index is 5.97. The summed E-state index contributed by atoms with van der Waals surface area (Å²) < 4.78 is 5.97. The van der Waals surface area contributed by atoms with E-state index in [-0.39, 0.29) is 6.04 Å². The predicted molar refractivity (Wildman–Crippen MR) is 89.0 cm³/mol. The minimum atomic E-state index is 0.206. The van der Waals surface area contributed by atoms with Crippen molar-refractivity contribution in [2.45, 2.75) is 32.4 Å². The van der Waals surface area contributed by atoms with E-state index < -0.39 is 0 Å². The monoisotopic (exact) mass is 326 g/mol. The van der Waals surface area contributed by atoms with Crippen LogP contribution < -0.4 is 0 Å². The fourth-order valence-corrected chi connectivity index (χ4v) is 3.83. The Balaban J connectivity index is 1.54. The maximum Gasteiger partial charge on any atom is 0.257 e. The smallest absolute Gasteiger partial charge is 0.257 e. The van der Waals surface area contributed by atoms with Crippen LogP contribution in [0.2, 0.25) is 0 Å². The van der Waals surface area contributed by atoms with Crippen LogP contribution in [-0.2, 0) is 6.54 Å². The number of likely N-dealkylation sites (tertiary alicyclic amines) is 1. The Labute approximate surface area is 139 Å². The van der Waals surface area contributed by atoms with Gasteiger partial charge in [0, 0.05) is 23.8 Å². The van der Waals surface area contributed by atoms with E-state index >= 15 is 0 Å². The number of aromatic nitrogens is 3. The summed E-state index contributed by atoms with van der Waals surface area (Å²) in [6.07, 6.45) is 5.94. The first-order valence-corrected chi connectivity index (χ1v) is 8.64. The molecule has 0 bridgehead atoms. The van der Waals surface area contributed by atoms with Crippen LogP contribution in [0.15, 0.2) is 41.1 Å². The lowest BCUT2D eigenvalue weighted by molar-refractivity contribution is 0.215. The van der Waals surface area contributed by atoms with E-state index in [2.05, 4.69) is 39.1 Å². The Hall–Kier alpha value is -2.05. The summed E-state index contributed by atoms with van der Waals surface area (Å²) in [6.45, 7) is 4.00. The molecule has 0 amide bonds. The molecule has 3 aromatic heterocycles. The van der Waals surface area contributed by atoms with Gasteiger partial charge in [0.25, 0.3) is 5.89 Å². The summed E-state index contributed by atoms with van der Waals surface area (Å²) in [6, 6.07) is 8.41. The van der Waals surface area contributed by atoms with E-state index in [0.29, 0.717) is 5.89 Å². The van der Waals surface area contributed by atoms with Crippen molar-refractivity contribution in [2.75, 3.05) is 6.54 Å². The molecule has 3 aromatic rings. The Morgan fingerprint density at radius 2 is 2.26 bits per heavy atom. The Kier molecular flexibility index (Phi) is 3.93. The van der Waals surface area contributed by atoms with Gasteiger partial charge in [-0.2, -0.15) is 0 Å². The molecule has 5 nitrogen and oxygen atoms in total. The van der Waals surface area contributed by atoms with E-state index in [0.717, 1.165) is 36.7 Å². The van der Waals surface area contributed by atoms with Crippen LogP contribution in [0.25, 0.3) is 10.8 Å². The molecule has 0 radical (unpaired) electrons. The zero-order valence-electron chi connectivity index (χ0n) is 13.0. The highest BCUT2D eigenvalue weighted by Crippen LogP contribution is 2.34. The molecule has 0 unspecified atom stereocenters. The molecule has 4 heterocycles. The van der Waals surface area contributed by atoms with Gasteiger partial charge in [-0.3, -0.25) is 9.88 Å². The van der Waals surface area contributed by atoms with Gasteiger partial charge in [-0.25, -0.2) is 0 Å². The zero-order valence-corrected chi connectivity index (χ0v) is 13.8. The van der Waals surface area contributed by atoms with Crippen LogP contribution >= 0.6 is 11.3 Å². The summed E-state index contributed by atoms with van der Waals surface area (Å²) in [5, 5.41) is 8.55. The minimum absolute atomic E-state index is 0.206. The number of hydrogen-bond acceptors (Lipinski definition) is 6. The van der Waals surface area contributed by atoms with Crippen molar-refractivity contribution in [1.82, 2.24) is 20.1 Å². The second kappa shape index (κ2) is 6.22. The van der Waals surface area contributed by atoms with Crippen molar-refractivity contribution in [1.29, 1.82) is 0 Å². The Morgan fingerprint density at radius 3 is 3.04 bits per heavy atom. The number of pyridine rings is 1. The van der Waals surface area contributed by atoms with E-state index in [9.17, 15) is 0 Å². The summed E-state index contributed by atoms with van der Waals surface area (Å²) in [7, 11) is 0. The summed E-state index contributed by atoms with van der Waals surface area (Å²) in [4.78, 5) is 8.88. The summed E-state index contributed by atoms with van der Waals surface area (Å²) in [5.41, 5.74) is 1.22. The topological polar surface area (TPSA) is 55.1 Å². The molecule has 0 saturated carbocycles. The first-order chi connectivity index (χ1) is 11.3. The lowest BCUT2D eigenvalue weighted by Crippen LogP contribution is -2.23. The average Bonchev–Trinajstić information content (AvgIpc) is 3.28. The van der Waals surface area contributed by atoms with E-state index in [4.69, 9.17) is 4.42 Å². The quantitative estimate of drug-likeness (QED) is 0.729. The molecular formula is C17H18N4OS. The van der Waals surface area contributed by atoms with Crippen LogP contribution in [0, 0.1) is 6.92 Å². The van der Waals surface area contributed by atoms with Crippen molar-refractivity contribution >= 4 is 11.3 Å². The van der Waals surface area contributed by atoms with Gasteiger partial charge >= 0.3 is 0 Å². The molecule has 23 heavy (non-hydrogen) atoms. The number of thiophene rings is 1. The summed E-state index contributed by atoms with van der Waals surface area (Å²) in [5.74, 6) is 1.36. The molecule has 4 rings (SSSR count). The molecular weight excluding hydrogens is 308 g/mol. The molecule has 0 aromatic carbocycles. The molecule has 1 saturated heterocycles. The maximum absolute atomic E-state index is 5.97. The van der Waals surface area contributed by atoms with Crippen molar-refractivity contribution < 1.29 is 4.42 Å². The van der Waals surface area contributed by atoms with Gasteiger partial charge < -0.3 is 4.42 Å². The van der Waals surface area contributed by atoms with Gasteiger partial charge in [-0.1, -0.05) is 6.07 Å². The molecule has 6 heteroatoms. The highest BCUT2D eigenvalue weighted by Gasteiger charge is 2.30. The van der Waals surface area contributed by atoms with Gasteiger partial charge in [0.15, 0.2) is 0 Å². The molecule has 1 atom stereocenters. The first-order valence-electron chi connectivity index (χ1n) is 7.83. The minimum Gasteiger partial charge on any atom is -0.418 e. The highest BCUT2D eigenvalue weighted by molar-refractivity contribution is 7.15. The van der Waals surface area contributed by atoms with Crippen LogP contribution in [0.5, 0.6) is 0 Å². The van der Waals surface area contributed by atoms with Crippen molar-refractivity contribution in [3.8, 4) is 10.8 Å². The largest absolute Gasteiger partial charge is 0.418 e. The second-order valence-corrected chi connectivity index (χ2v) is 7.13. The van der Waals surface area contributed by atoms with Crippen molar-refractivity contribution in [2.24, 2.45) is 0 Å². The van der Waals surface area contributed by atoms with Gasteiger partial charge in [-0.05, 0) is 50.1 Å². The van der Waals surface area contributed by atoms with Gasteiger partial charge in [0.1, 0.15) is 0 Å². The van der Waals surface area contributed by atoms with E-state index in [1.165, 1.54) is 10.4 Å². The van der Waals surface area contributed by atoms with Crippen molar-refractivity contribution in [3.05, 3.63) is 53.0 Å². The molecule has 0 aliphatic carbocycles. The third-order valence-corrected chi connectivity index (χ3v) is 5.14. The SMILES string of the molecule is Cc1ccc(-c2nnc([C@@H]3CCCN3Cc3cccnc3)o2)s1. The normalized spacial score (nSPS) is 18.6. The standard InChI is InChI=1S/C17H18N4OS/c1-12-6-7-15(23-12)17-20-19-16(22-17)14-5-3-9-21(14)11-13-4-2-8-18-10-13/h2,4,6-8,10,14H,3,5,9,11H2,1H3/t14-/m0/s1. The van der Waals surface area contributed by atoms with Crippen LogP contribution in [-0.4, -0.2) is 26.6 Å². The van der Waals surface area contributed by atoms with Gasteiger partial charge in [0.2, 0.25) is 5.89 Å². The Bertz CT molecular complexity index is 783. The van der Waals surface area contributed by atoms with Crippen molar-refractivity contribution in [3.63, 3.8) is 0 Å².